The number of likely N-dealkylation sites (tertiary alicyclic amines) is 1. The van der Waals surface area contributed by atoms with Gasteiger partial charge in [0.15, 0.2) is 0 Å². The molecule has 0 spiro atoms. The van der Waals surface area contributed by atoms with E-state index >= 15 is 0 Å². The van der Waals surface area contributed by atoms with Gasteiger partial charge in [-0.15, -0.1) is 0 Å². The van der Waals surface area contributed by atoms with Crippen molar-refractivity contribution in [2.24, 2.45) is 11.7 Å². The highest BCUT2D eigenvalue weighted by Crippen LogP contribution is 2.17. The first kappa shape index (κ1) is 10.7. The fraction of sp³-hybridized carbons (Fsp3) is 0.538. The van der Waals surface area contributed by atoms with E-state index in [1.54, 1.807) is 0 Å². The number of nitrogens with zero attached hydrogens (tertiary/aromatic N) is 1. The van der Waals surface area contributed by atoms with Crippen molar-refractivity contribution in [3.05, 3.63) is 35.4 Å². The van der Waals surface area contributed by atoms with Crippen LogP contribution in [0.1, 0.15) is 17.5 Å². The van der Waals surface area contributed by atoms with Crippen molar-refractivity contribution in [2.75, 3.05) is 19.6 Å². The van der Waals surface area contributed by atoms with Gasteiger partial charge in [0, 0.05) is 13.1 Å². The van der Waals surface area contributed by atoms with Crippen LogP contribution >= 0.6 is 0 Å². The van der Waals surface area contributed by atoms with Crippen LogP contribution < -0.4 is 5.73 Å². The Kier molecular flexibility index (Phi) is 3.39. The van der Waals surface area contributed by atoms with E-state index in [1.807, 2.05) is 0 Å². The topological polar surface area (TPSA) is 29.3 Å². The summed E-state index contributed by atoms with van der Waals surface area (Å²) >= 11 is 0. The van der Waals surface area contributed by atoms with Gasteiger partial charge in [-0.1, -0.05) is 29.8 Å². The first-order valence-electron chi connectivity index (χ1n) is 5.76. The summed E-state index contributed by atoms with van der Waals surface area (Å²) in [5.41, 5.74) is 8.43. The highest BCUT2D eigenvalue weighted by molar-refractivity contribution is 5.21. The molecule has 15 heavy (non-hydrogen) atoms. The van der Waals surface area contributed by atoms with Gasteiger partial charge in [-0.3, -0.25) is 4.90 Å². The summed E-state index contributed by atoms with van der Waals surface area (Å²) in [7, 11) is 0. The molecule has 1 saturated heterocycles. The number of nitrogens with two attached hydrogens (primary N) is 1. The molecule has 2 rings (SSSR count). The van der Waals surface area contributed by atoms with E-state index in [0.717, 1.165) is 19.0 Å². The Morgan fingerprint density at radius 3 is 2.67 bits per heavy atom. The second kappa shape index (κ2) is 4.77. The van der Waals surface area contributed by atoms with E-state index in [1.165, 1.54) is 30.6 Å². The highest BCUT2D eigenvalue weighted by Gasteiger charge is 2.20. The van der Waals surface area contributed by atoms with Crippen LogP contribution in [0.3, 0.4) is 0 Å². The van der Waals surface area contributed by atoms with Crippen LogP contribution in [-0.4, -0.2) is 24.5 Å². The summed E-state index contributed by atoms with van der Waals surface area (Å²) in [5, 5.41) is 0. The molecule has 1 aromatic carbocycles. The maximum Gasteiger partial charge on any atom is 0.0233 e. The van der Waals surface area contributed by atoms with Crippen LogP contribution in [0.25, 0.3) is 0 Å². The summed E-state index contributed by atoms with van der Waals surface area (Å²) < 4.78 is 0. The van der Waals surface area contributed by atoms with Crippen molar-refractivity contribution >= 4 is 0 Å². The summed E-state index contributed by atoms with van der Waals surface area (Å²) in [6.07, 6.45) is 1.27. The molecule has 1 heterocycles. The molecule has 0 radical (unpaired) electrons. The second-order valence-corrected chi connectivity index (χ2v) is 4.61. The molecule has 1 fully saturated rings. The van der Waals surface area contributed by atoms with E-state index in [2.05, 4.69) is 36.1 Å². The zero-order chi connectivity index (χ0) is 10.7. The summed E-state index contributed by atoms with van der Waals surface area (Å²) in [5.74, 6) is 0.718. The molecule has 0 bridgehead atoms. The van der Waals surface area contributed by atoms with Crippen molar-refractivity contribution in [1.29, 1.82) is 0 Å². The summed E-state index contributed by atoms with van der Waals surface area (Å²) in [4.78, 5) is 2.50. The predicted octanol–water partition coefficient (Wildman–Crippen LogP) is 1.78. The summed E-state index contributed by atoms with van der Waals surface area (Å²) in [6.45, 7) is 6.42. The number of hydrogen-bond donors (Lipinski definition) is 1. The molecule has 1 aliphatic heterocycles. The van der Waals surface area contributed by atoms with Gasteiger partial charge in [-0.25, -0.2) is 0 Å². The van der Waals surface area contributed by atoms with Gasteiger partial charge in [0.05, 0.1) is 0 Å². The van der Waals surface area contributed by atoms with Crippen LogP contribution in [0.15, 0.2) is 24.3 Å². The molecule has 2 N–H and O–H groups in total. The molecule has 0 aliphatic carbocycles. The largest absolute Gasteiger partial charge is 0.330 e. The lowest BCUT2D eigenvalue weighted by Gasteiger charge is -2.15. The van der Waals surface area contributed by atoms with Crippen LogP contribution in [0.2, 0.25) is 0 Å². The van der Waals surface area contributed by atoms with Crippen molar-refractivity contribution in [3.63, 3.8) is 0 Å². The third-order valence-corrected chi connectivity index (χ3v) is 3.23. The Bertz CT molecular complexity index is 305. The van der Waals surface area contributed by atoms with Gasteiger partial charge in [0.25, 0.3) is 0 Å². The van der Waals surface area contributed by atoms with Gasteiger partial charge in [-0.05, 0) is 37.9 Å². The second-order valence-electron chi connectivity index (χ2n) is 4.61. The molecule has 1 atom stereocenters. The predicted molar refractivity (Wildman–Crippen MR) is 63.6 cm³/mol. The SMILES string of the molecule is Cc1ccc(CN2CCC(CN)C2)cc1. The third-order valence-electron chi connectivity index (χ3n) is 3.23. The highest BCUT2D eigenvalue weighted by atomic mass is 15.1. The molecule has 0 amide bonds. The average Bonchev–Trinajstić information content (AvgIpc) is 2.69. The average molecular weight is 204 g/mol. The van der Waals surface area contributed by atoms with E-state index < -0.39 is 0 Å². The molecule has 1 aliphatic rings. The van der Waals surface area contributed by atoms with E-state index in [0.29, 0.717) is 0 Å². The Hall–Kier alpha value is -0.860. The Morgan fingerprint density at radius 2 is 2.07 bits per heavy atom. The smallest absolute Gasteiger partial charge is 0.0233 e. The minimum atomic E-state index is 0.718. The normalized spacial score (nSPS) is 22.1. The van der Waals surface area contributed by atoms with Gasteiger partial charge in [0.1, 0.15) is 0 Å². The van der Waals surface area contributed by atoms with Gasteiger partial charge >= 0.3 is 0 Å². The van der Waals surface area contributed by atoms with Crippen LogP contribution in [0, 0.1) is 12.8 Å². The molecule has 1 aromatic rings. The first-order valence-corrected chi connectivity index (χ1v) is 5.76. The Labute approximate surface area is 92.1 Å². The molecule has 0 saturated carbocycles. The fourth-order valence-electron chi connectivity index (χ4n) is 2.20. The lowest BCUT2D eigenvalue weighted by Crippen LogP contribution is -2.22. The van der Waals surface area contributed by atoms with Crippen molar-refractivity contribution < 1.29 is 0 Å². The maximum absolute atomic E-state index is 5.68. The van der Waals surface area contributed by atoms with Gasteiger partial charge in [-0.2, -0.15) is 0 Å². The van der Waals surface area contributed by atoms with Crippen LogP contribution in [0.5, 0.6) is 0 Å². The third kappa shape index (κ3) is 2.80. The zero-order valence-corrected chi connectivity index (χ0v) is 9.45. The molecular formula is C13H20N2. The number of hydrogen-bond acceptors (Lipinski definition) is 2. The van der Waals surface area contributed by atoms with Crippen molar-refractivity contribution in [2.45, 2.75) is 19.9 Å². The number of benzene rings is 1. The van der Waals surface area contributed by atoms with Gasteiger partial charge < -0.3 is 5.73 Å². The monoisotopic (exact) mass is 204 g/mol. The fourth-order valence-corrected chi connectivity index (χ4v) is 2.20. The summed E-state index contributed by atoms with van der Waals surface area (Å²) in [6, 6.07) is 8.83. The lowest BCUT2D eigenvalue weighted by atomic mass is 10.1. The minimum Gasteiger partial charge on any atom is -0.330 e. The first-order chi connectivity index (χ1) is 7.28. The quantitative estimate of drug-likeness (QED) is 0.813. The number of aryl methyl sites for hydroxylation is 1. The Balaban J connectivity index is 1.90. The van der Waals surface area contributed by atoms with Crippen LogP contribution in [-0.2, 0) is 6.54 Å². The molecule has 82 valence electrons. The van der Waals surface area contributed by atoms with Crippen molar-refractivity contribution in [1.82, 2.24) is 4.90 Å². The number of rotatable bonds is 3. The molecule has 1 unspecified atom stereocenters. The molecule has 0 aromatic heterocycles. The maximum atomic E-state index is 5.68. The van der Waals surface area contributed by atoms with Crippen LogP contribution in [0.4, 0.5) is 0 Å². The molecule has 2 heteroatoms. The zero-order valence-electron chi connectivity index (χ0n) is 9.45. The Morgan fingerprint density at radius 1 is 1.33 bits per heavy atom. The van der Waals surface area contributed by atoms with E-state index in [-0.39, 0.29) is 0 Å². The molecular weight excluding hydrogens is 184 g/mol. The minimum absolute atomic E-state index is 0.718. The molecule has 2 nitrogen and oxygen atoms in total. The van der Waals surface area contributed by atoms with E-state index in [9.17, 15) is 0 Å². The van der Waals surface area contributed by atoms with E-state index in [4.69, 9.17) is 5.73 Å². The lowest BCUT2D eigenvalue weighted by molar-refractivity contribution is 0.318. The standard InChI is InChI=1S/C13H20N2/c1-11-2-4-12(5-3-11)9-15-7-6-13(8-14)10-15/h2-5,13H,6-10,14H2,1H3. The van der Waals surface area contributed by atoms with Gasteiger partial charge in [0.2, 0.25) is 0 Å². The van der Waals surface area contributed by atoms with Crippen molar-refractivity contribution in [3.8, 4) is 0 Å².